The molecule has 1 N–H and O–H groups in total. The number of aryl methyl sites for hydroxylation is 1. The molecule has 1 aromatic carbocycles. The van der Waals surface area contributed by atoms with Gasteiger partial charge in [0.05, 0.1) is 0 Å². The average molecular weight is 333 g/mol. The van der Waals surface area contributed by atoms with E-state index in [0.717, 1.165) is 49.5 Å². The number of nitrogens with one attached hydrogen (secondary N) is 1. The Morgan fingerprint density at radius 2 is 2.13 bits per heavy atom. The molecule has 0 fully saturated rings. The molecule has 0 aliphatic rings. The van der Waals surface area contributed by atoms with E-state index in [1.54, 1.807) is 0 Å². The van der Waals surface area contributed by atoms with Gasteiger partial charge in [0.1, 0.15) is 0 Å². The molecule has 0 saturated heterocycles. The second-order valence-electron chi connectivity index (χ2n) is 5.55. The predicted octanol–water partition coefficient (Wildman–Crippen LogP) is 5.35. The van der Waals surface area contributed by atoms with Gasteiger partial charge in [0.25, 0.3) is 0 Å². The Morgan fingerprint density at radius 1 is 1.35 bits per heavy atom. The molecule has 0 atom stereocenters. The first-order chi connectivity index (χ1) is 11.1. The highest BCUT2D eigenvalue weighted by molar-refractivity contribution is 6.30. The van der Waals surface area contributed by atoms with Gasteiger partial charge in [0, 0.05) is 23.0 Å². The van der Waals surface area contributed by atoms with Crippen molar-refractivity contribution in [1.82, 2.24) is 5.32 Å². The summed E-state index contributed by atoms with van der Waals surface area (Å²) in [7, 11) is 1.98. The molecular formula is C20H29ClN2. The van der Waals surface area contributed by atoms with Crippen LogP contribution >= 0.6 is 11.6 Å². The summed E-state index contributed by atoms with van der Waals surface area (Å²) < 4.78 is 0. The van der Waals surface area contributed by atoms with Crippen molar-refractivity contribution in [2.24, 2.45) is 0 Å². The fraction of sp³-hybridized carbons (Fsp3) is 0.400. The minimum absolute atomic E-state index is 0.763. The molecule has 126 valence electrons. The molecule has 0 bridgehead atoms. The summed E-state index contributed by atoms with van der Waals surface area (Å²) >= 11 is 6.26. The lowest BCUT2D eigenvalue weighted by molar-refractivity contribution is 0.714. The normalized spacial score (nSPS) is 10.9. The maximum Gasteiger partial charge on any atom is 0.0458 e. The van der Waals surface area contributed by atoms with Crippen molar-refractivity contribution < 1.29 is 0 Å². The van der Waals surface area contributed by atoms with E-state index in [1.807, 2.05) is 38.3 Å². The van der Waals surface area contributed by atoms with Crippen molar-refractivity contribution in [1.29, 1.82) is 0 Å². The molecule has 0 unspecified atom stereocenters. The standard InChI is InChI=1S/C20H29ClN2/c1-5-7-8-11-18-12-13-19(21)16-20(18)23(15-9-14-22-4)17(3)10-6-2/h5-6,10,12-13,16,22H,1,3,7-9,11,14-15H2,2,4H3/b10-6-. The average Bonchev–Trinajstić information content (AvgIpc) is 2.53. The van der Waals surface area contributed by atoms with Gasteiger partial charge in [0.15, 0.2) is 0 Å². The molecule has 23 heavy (non-hydrogen) atoms. The smallest absolute Gasteiger partial charge is 0.0458 e. The molecule has 0 aliphatic carbocycles. The molecule has 0 radical (unpaired) electrons. The molecule has 0 spiro atoms. The summed E-state index contributed by atoms with van der Waals surface area (Å²) in [5.74, 6) is 0. The van der Waals surface area contributed by atoms with E-state index in [0.29, 0.717) is 0 Å². The first-order valence-corrected chi connectivity index (χ1v) is 8.64. The second kappa shape index (κ2) is 11.1. The maximum atomic E-state index is 6.26. The van der Waals surface area contributed by atoms with Gasteiger partial charge in [-0.1, -0.05) is 36.4 Å². The van der Waals surface area contributed by atoms with E-state index in [-0.39, 0.29) is 0 Å². The Kier molecular flexibility index (Phi) is 9.42. The van der Waals surface area contributed by atoms with Gasteiger partial charge in [-0.15, -0.1) is 6.58 Å². The topological polar surface area (TPSA) is 15.3 Å². The fourth-order valence-corrected chi connectivity index (χ4v) is 2.72. The first kappa shape index (κ1) is 19.5. The number of hydrogen-bond acceptors (Lipinski definition) is 2. The number of anilines is 1. The summed E-state index contributed by atoms with van der Waals surface area (Å²) in [5, 5.41) is 3.97. The molecule has 0 aromatic heterocycles. The van der Waals surface area contributed by atoms with Gasteiger partial charge in [-0.2, -0.15) is 0 Å². The van der Waals surface area contributed by atoms with Crippen LogP contribution in [0.4, 0.5) is 5.69 Å². The zero-order chi connectivity index (χ0) is 17.1. The number of nitrogens with zero attached hydrogens (tertiary/aromatic N) is 1. The van der Waals surface area contributed by atoms with Crippen molar-refractivity contribution >= 4 is 17.3 Å². The van der Waals surface area contributed by atoms with Crippen LogP contribution in [-0.2, 0) is 6.42 Å². The Bertz CT molecular complexity index is 534. The molecule has 1 aromatic rings. The second-order valence-corrected chi connectivity index (χ2v) is 5.99. The Morgan fingerprint density at radius 3 is 2.78 bits per heavy atom. The van der Waals surface area contributed by atoms with Crippen molar-refractivity contribution in [2.75, 3.05) is 25.0 Å². The van der Waals surface area contributed by atoms with Gasteiger partial charge in [0.2, 0.25) is 0 Å². The van der Waals surface area contributed by atoms with E-state index in [2.05, 4.69) is 35.5 Å². The van der Waals surface area contributed by atoms with Crippen molar-refractivity contribution in [2.45, 2.75) is 32.6 Å². The third kappa shape index (κ3) is 6.64. The molecule has 0 saturated carbocycles. The summed E-state index contributed by atoms with van der Waals surface area (Å²) in [5.41, 5.74) is 3.47. The van der Waals surface area contributed by atoms with Crippen LogP contribution in [0.3, 0.4) is 0 Å². The third-order valence-corrected chi connectivity index (χ3v) is 3.94. The molecule has 0 amide bonds. The molecule has 0 aliphatic heterocycles. The highest BCUT2D eigenvalue weighted by atomic mass is 35.5. The van der Waals surface area contributed by atoms with Crippen LogP contribution in [0.25, 0.3) is 0 Å². The largest absolute Gasteiger partial charge is 0.342 e. The highest BCUT2D eigenvalue weighted by Gasteiger charge is 2.13. The number of benzene rings is 1. The monoisotopic (exact) mass is 332 g/mol. The van der Waals surface area contributed by atoms with E-state index >= 15 is 0 Å². The molecule has 2 nitrogen and oxygen atoms in total. The van der Waals surface area contributed by atoms with Crippen LogP contribution in [0.2, 0.25) is 5.02 Å². The zero-order valence-corrected chi connectivity index (χ0v) is 15.2. The minimum Gasteiger partial charge on any atom is -0.342 e. The predicted molar refractivity (Wildman–Crippen MR) is 104 cm³/mol. The molecule has 3 heteroatoms. The highest BCUT2D eigenvalue weighted by Crippen LogP contribution is 2.29. The first-order valence-electron chi connectivity index (χ1n) is 8.27. The number of hydrogen-bond donors (Lipinski definition) is 1. The summed E-state index contributed by atoms with van der Waals surface area (Å²) in [4.78, 5) is 2.27. The Labute approximate surface area is 146 Å². The summed E-state index contributed by atoms with van der Waals surface area (Å²) in [6.45, 7) is 11.9. The lowest BCUT2D eigenvalue weighted by atomic mass is 10.0. The fourth-order valence-electron chi connectivity index (χ4n) is 2.55. The molecule has 1 rings (SSSR count). The number of allylic oxidation sites excluding steroid dienone is 3. The minimum atomic E-state index is 0.763. The third-order valence-electron chi connectivity index (χ3n) is 3.71. The van der Waals surface area contributed by atoms with Crippen molar-refractivity contribution in [3.63, 3.8) is 0 Å². The lowest BCUT2D eigenvalue weighted by Crippen LogP contribution is -2.26. The van der Waals surface area contributed by atoms with Crippen molar-refractivity contribution in [3.8, 4) is 0 Å². The van der Waals surface area contributed by atoms with Gasteiger partial charge < -0.3 is 10.2 Å². The molecule has 0 heterocycles. The van der Waals surface area contributed by atoms with Crippen LogP contribution in [-0.4, -0.2) is 20.1 Å². The van der Waals surface area contributed by atoms with E-state index in [9.17, 15) is 0 Å². The summed E-state index contributed by atoms with van der Waals surface area (Å²) in [6, 6.07) is 6.16. The van der Waals surface area contributed by atoms with Crippen LogP contribution < -0.4 is 10.2 Å². The Hall–Kier alpha value is -1.51. The Balaban J connectivity index is 3.07. The molecular weight excluding hydrogens is 304 g/mol. The SMILES string of the molecule is C=CCCCc1ccc(Cl)cc1N(CCCNC)C(=C)/C=C\C. The van der Waals surface area contributed by atoms with Gasteiger partial charge in [-0.3, -0.25) is 0 Å². The van der Waals surface area contributed by atoms with E-state index in [4.69, 9.17) is 11.6 Å². The number of halogens is 1. The van der Waals surface area contributed by atoms with Gasteiger partial charge in [-0.05, 0) is 70.0 Å². The van der Waals surface area contributed by atoms with E-state index < -0.39 is 0 Å². The van der Waals surface area contributed by atoms with E-state index in [1.165, 1.54) is 11.3 Å². The zero-order valence-electron chi connectivity index (χ0n) is 14.4. The van der Waals surface area contributed by atoms with Gasteiger partial charge >= 0.3 is 0 Å². The quantitative estimate of drug-likeness (QED) is 0.333. The van der Waals surface area contributed by atoms with Crippen molar-refractivity contribution in [3.05, 3.63) is 65.9 Å². The van der Waals surface area contributed by atoms with Crippen LogP contribution in [0, 0.1) is 0 Å². The van der Waals surface area contributed by atoms with Crippen LogP contribution in [0.15, 0.2) is 55.3 Å². The van der Waals surface area contributed by atoms with Crippen LogP contribution in [0.1, 0.15) is 31.7 Å². The number of rotatable bonds is 11. The van der Waals surface area contributed by atoms with Crippen LogP contribution in [0.5, 0.6) is 0 Å². The lowest BCUT2D eigenvalue weighted by Gasteiger charge is -2.28. The number of unbranched alkanes of at least 4 members (excludes halogenated alkanes) is 1. The maximum absolute atomic E-state index is 6.26. The summed E-state index contributed by atoms with van der Waals surface area (Å²) in [6.07, 6.45) is 10.2. The van der Waals surface area contributed by atoms with Gasteiger partial charge in [-0.25, -0.2) is 0 Å².